The number of hydrogen-bond donors (Lipinski definition) is 1. The van der Waals surface area contributed by atoms with Gasteiger partial charge in [-0.25, -0.2) is 9.78 Å². The number of carbonyl (C=O) groups excluding carboxylic acids is 2. The van der Waals surface area contributed by atoms with Crippen molar-refractivity contribution in [2.75, 3.05) is 6.61 Å². The van der Waals surface area contributed by atoms with Crippen LogP contribution in [-0.4, -0.2) is 28.0 Å². The van der Waals surface area contributed by atoms with Gasteiger partial charge in [-0.05, 0) is 38.3 Å². The highest BCUT2D eigenvalue weighted by atomic mass is 16.5. The standard InChI is InChI=1S/C22H25N3O5/c1-5-15-7-9-16(10-8-15)13(3)24-17(26)11-25-12-23-20-19(21(25)27)18(14(4)30-20)22(28)29-6-2/h7-10,12-13H,5-6,11H2,1-4H3,(H,24,26). The lowest BCUT2D eigenvalue weighted by Gasteiger charge is -2.15. The lowest BCUT2D eigenvalue weighted by atomic mass is 10.1. The summed E-state index contributed by atoms with van der Waals surface area (Å²) < 4.78 is 11.6. The van der Waals surface area contributed by atoms with Gasteiger partial charge in [0.2, 0.25) is 11.6 Å². The molecule has 158 valence electrons. The minimum Gasteiger partial charge on any atom is -0.462 e. The fraction of sp³-hybridized carbons (Fsp3) is 0.364. The molecule has 0 aliphatic rings. The second-order valence-corrected chi connectivity index (χ2v) is 7.00. The molecule has 1 amide bonds. The largest absolute Gasteiger partial charge is 0.462 e. The van der Waals surface area contributed by atoms with Gasteiger partial charge in [-0.3, -0.25) is 14.2 Å². The van der Waals surface area contributed by atoms with Crippen LogP contribution in [-0.2, 0) is 22.5 Å². The van der Waals surface area contributed by atoms with Crippen molar-refractivity contribution in [2.45, 2.75) is 46.7 Å². The smallest absolute Gasteiger partial charge is 0.342 e. The van der Waals surface area contributed by atoms with Crippen molar-refractivity contribution in [3.8, 4) is 0 Å². The number of aromatic nitrogens is 2. The first-order chi connectivity index (χ1) is 14.3. The molecule has 0 aliphatic carbocycles. The lowest BCUT2D eigenvalue weighted by Crippen LogP contribution is -2.34. The van der Waals surface area contributed by atoms with E-state index in [0.717, 1.165) is 16.6 Å². The quantitative estimate of drug-likeness (QED) is 0.600. The van der Waals surface area contributed by atoms with Crippen molar-refractivity contribution < 1.29 is 18.7 Å². The number of ether oxygens (including phenoxy) is 1. The summed E-state index contributed by atoms with van der Waals surface area (Å²) in [6, 6.07) is 7.78. The van der Waals surface area contributed by atoms with Crippen LogP contribution in [0.5, 0.6) is 0 Å². The van der Waals surface area contributed by atoms with Crippen molar-refractivity contribution in [3.63, 3.8) is 0 Å². The number of aryl methyl sites for hydroxylation is 2. The fourth-order valence-corrected chi connectivity index (χ4v) is 3.27. The third-order valence-electron chi connectivity index (χ3n) is 4.91. The molecule has 0 aliphatic heterocycles. The van der Waals surface area contributed by atoms with Crippen LogP contribution in [0.3, 0.4) is 0 Å². The van der Waals surface area contributed by atoms with E-state index in [1.54, 1.807) is 13.8 Å². The Morgan fingerprint density at radius 3 is 2.57 bits per heavy atom. The van der Waals surface area contributed by atoms with Gasteiger partial charge in [0.25, 0.3) is 5.56 Å². The van der Waals surface area contributed by atoms with Crippen LogP contribution >= 0.6 is 0 Å². The number of fused-ring (bicyclic) bond motifs is 1. The predicted octanol–water partition coefficient (Wildman–Crippen LogP) is 2.91. The van der Waals surface area contributed by atoms with Gasteiger partial charge in [-0.15, -0.1) is 0 Å². The molecule has 1 aromatic carbocycles. The molecule has 1 N–H and O–H groups in total. The van der Waals surface area contributed by atoms with Crippen molar-refractivity contribution in [3.05, 3.63) is 63.4 Å². The molecule has 1 atom stereocenters. The monoisotopic (exact) mass is 411 g/mol. The fourth-order valence-electron chi connectivity index (χ4n) is 3.27. The summed E-state index contributed by atoms with van der Waals surface area (Å²) in [5.74, 6) is -0.749. The molecule has 0 saturated carbocycles. The van der Waals surface area contributed by atoms with E-state index in [4.69, 9.17) is 9.15 Å². The van der Waals surface area contributed by atoms with Crippen molar-refractivity contribution in [1.29, 1.82) is 0 Å². The third kappa shape index (κ3) is 4.27. The van der Waals surface area contributed by atoms with Crippen LogP contribution in [0.25, 0.3) is 11.1 Å². The first kappa shape index (κ1) is 21.3. The van der Waals surface area contributed by atoms with Crippen LogP contribution in [0.15, 0.2) is 39.8 Å². The number of rotatable bonds is 7. The number of hydrogen-bond acceptors (Lipinski definition) is 6. The minimum atomic E-state index is -0.654. The van der Waals surface area contributed by atoms with E-state index < -0.39 is 11.5 Å². The topological polar surface area (TPSA) is 103 Å². The van der Waals surface area contributed by atoms with Crippen LogP contribution in [0.2, 0.25) is 0 Å². The molecular formula is C22H25N3O5. The summed E-state index contributed by atoms with van der Waals surface area (Å²) in [4.78, 5) is 41.7. The van der Waals surface area contributed by atoms with Crippen LogP contribution < -0.4 is 10.9 Å². The third-order valence-corrected chi connectivity index (χ3v) is 4.91. The average molecular weight is 411 g/mol. The molecule has 3 rings (SSSR count). The van der Waals surface area contributed by atoms with E-state index >= 15 is 0 Å². The van der Waals surface area contributed by atoms with Gasteiger partial charge < -0.3 is 14.5 Å². The second-order valence-electron chi connectivity index (χ2n) is 7.00. The van der Waals surface area contributed by atoms with E-state index in [1.165, 1.54) is 11.9 Å². The number of nitrogens with zero attached hydrogens (tertiary/aromatic N) is 2. The Bertz CT molecular complexity index is 1130. The Morgan fingerprint density at radius 1 is 1.23 bits per heavy atom. The average Bonchev–Trinajstić information content (AvgIpc) is 3.07. The van der Waals surface area contributed by atoms with Gasteiger partial charge in [0.05, 0.1) is 12.6 Å². The SMILES string of the molecule is CCOC(=O)c1c(C)oc2ncn(CC(=O)NC(C)c3ccc(CC)cc3)c(=O)c12. The molecule has 0 spiro atoms. The zero-order valence-electron chi connectivity index (χ0n) is 17.5. The molecule has 8 nitrogen and oxygen atoms in total. The second kappa shape index (κ2) is 8.94. The number of benzene rings is 1. The molecule has 2 aromatic heterocycles. The van der Waals surface area contributed by atoms with E-state index in [-0.39, 0.29) is 47.5 Å². The summed E-state index contributed by atoms with van der Waals surface area (Å²) in [7, 11) is 0. The highest BCUT2D eigenvalue weighted by Crippen LogP contribution is 2.21. The number of carbonyl (C=O) groups is 2. The summed E-state index contributed by atoms with van der Waals surface area (Å²) in [6.45, 7) is 7.13. The maximum atomic E-state index is 12.9. The van der Waals surface area contributed by atoms with Crippen LogP contribution in [0.1, 0.15) is 54.1 Å². The normalized spacial score (nSPS) is 12.0. The highest BCUT2D eigenvalue weighted by molar-refractivity contribution is 6.03. The van der Waals surface area contributed by atoms with E-state index in [1.807, 2.05) is 31.2 Å². The molecule has 1 unspecified atom stereocenters. The molecule has 0 bridgehead atoms. The number of furan rings is 1. The number of esters is 1. The molecule has 3 aromatic rings. The molecule has 0 saturated heterocycles. The summed E-state index contributed by atoms with van der Waals surface area (Å²) >= 11 is 0. The summed E-state index contributed by atoms with van der Waals surface area (Å²) in [5, 5.41) is 2.90. The van der Waals surface area contributed by atoms with Crippen molar-refractivity contribution >= 4 is 23.0 Å². The molecular weight excluding hydrogens is 386 g/mol. The Kier molecular flexibility index (Phi) is 6.34. The van der Waals surface area contributed by atoms with Gasteiger partial charge >= 0.3 is 5.97 Å². The molecule has 0 fully saturated rings. The van der Waals surface area contributed by atoms with Gasteiger partial charge in [0.15, 0.2) is 0 Å². The number of nitrogens with one attached hydrogen (secondary N) is 1. The first-order valence-electron chi connectivity index (χ1n) is 9.89. The van der Waals surface area contributed by atoms with Crippen molar-refractivity contribution in [2.24, 2.45) is 0 Å². The van der Waals surface area contributed by atoms with E-state index in [9.17, 15) is 14.4 Å². The van der Waals surface area contributed by atoms with Gasteiger partial charge in [-0.1, -0.05) is 31.2 Å². The van der Waals surface area contributed by atoms with E-state index in [2.05, 4.69) is 17.2 Å². The highest BCUT2D eigenvalue weighted by Gasteiger charge is 2.24. The molecule has 2 heterocycles. The zero-order valence-corrected chi connectivity index (χ0v) is 17.5. The minimum absolute atomic E-state index is 0.0180. The maximum absolute atomic E-state index is 12.9. The molecule has 30 heavy (non-hydrogen) atoms. The van der Waals surface area contributed by atoms with Gasteiger partial charge in [0, 0.05) is 0 Å². The Hall–Kier alpha value is -3.42. The van der Waals surface area contributed by atoms with Gasteiger partial charge in [-0.2, -0.15) is 0 Å². The van der Waals surface area contributed by atoms with E-state index in [0.29, 0.717) is 0 Å². The Morgan fingerprint density at radius 2 is 1.93 bits per heavy atom. The first-order valence-corrected chi connectivity index (χ1v) is 9.89. The molecule has 0 radical (unpaired) electrons. The Labute approximate surface area is 173 Å². The molecule has 8 heteroatoms. The predicted molar refractivity (Wildman–Crippen MR) is 111 cm³/mol. The maximum Gasteiger partial charge on any atom is 0.342 e. The van der Waals surface area contributed by atoms with Crippen LogP contribution in [0, 0.1) is 6.92 Å². The Balaban J connectivity index is 1.82. The van der Waals surface area contributed by atoms with Gasteiger partial charge in [0.1, 0.15) is 29.6 Å². The summed E-state index contributed by atoms with van der Waals surface area (Å²) in [6.07, 6.45) is 2.18. The van der Waals surface area contributed by atoms with Crippen LogP contribution in [0.4, 0.5) is 0 Å². The lowest BCUT2D eigenvalue weighted by molar-refractivity contribution is -0.122. The zero-order chi connectivity index (χ0) is 21.8. The number of amides is 1. The van der Waals surface area contributed by atoms with Crippen molar-refractivity contribution in [1.82, 2.24) is 14.9 Å². The summed E-state index contributed by atoms with van der Waals surface area (Å²) in [5.41, 5.74) is 1.74.